The minimum absolute atomic E-state index is 0.296. The lowest BCUT2D eigenvalue weighted by atomic mass is 10.2. The Hall–Kier alpha value is -2.50. The molecule has 3 aromatic rings. The van der Waals surface area contributed by atoms with E-state index in [1.165, 1.54) is 12.1 Å². The largest absolute Gasteiger partial charge is 0.333 e. The lowest BCUT2D eigenvalue weighted by Crippen LogP contribution is -1.92. The summed E-state index contributed by atoms with van der Waals surface area (Å²) in [6, 6.07) is 5.95. The van der Waals surface area contributed by atoms with Gasteiger partial charge in [0.15, 0.2) is 0 Å². The molecule has 0 atom stereocenters. The number of nitrogens with zero attached hydrogens (tertiary/aromatic N) is 4. The first-order valence-electron chi connectivity index (χ1n) is 5.74. The fourth-order valence-corrected chi connectivity index (χ4v) is 1.76. The van der Waals surface area contributed by atoms with Crippen molar-refractivity contribution < 1.29 is 8.91 Å². The van der Waals surface area contributed by atoms with E-state index < -0.39 is 0 Å². The highest BCUT2D eigenvalue weighted by atomic mass is 19.1. The van der Waals surface area contributed by atoms with Crippen molar-refractivity contribution in [3.63, 3.8) is 0 Å². The first-order chi connectivity index (χ1) is 9.15. The number of hydrogen-bond acceptors (Lipinski definition) is 4. The molecule has 0 fully saturated rings. The summed E-state index contributed by atoms with van der Waals surface area (Å²) in [7, 11) is 1.84. The minimum Gasteiger partial charge on any atom is -0.333 e. The van der Waals surface area contributed by atoms with Gasteiger partial charge in [-0.3, -0.25) is 4.68 Å². The van der Waals surface area contributed by atoms with E-state index in [2.05, 4.69) is 15.2 Å². The second-order valence-corrected chi connectivity index (χ2v) is 4.20. The Balaban J connectivity index is 2.00. The third-order valence-electron chi connectivity index (χ3n) is 2.99. The molecule has 1 aromatic carbocycles. The highest BCUT2D eigenvalue weighted by Crippen LogP contribution is 2.24. The molecule has 2 heterocycles. The summed E-state index contributed by atoms with van der Waals surface area (Å²) in [5.41, 5.74) is 2.44. The molecule has 0 saturated heterocycles. The van der Waals surface area contributed by atoms with Crippen LogP contribution in [0.4, 0.5) is 4.39 Å². The monoisotopic (exact) mass is 258 g/mol. The van der Waals surface area contributed by atoms with Gasteiger partial charge in [0, 0.05) is 18.3 Å². The molecule has 0 aliphatic carbocycles. The third-order valence-corrected chi connectivity index (χ3v) is 2.99. The molecule has 0 bridgehead atoms. The maximum atomic E-state index is 12.9. The van der Waals surface area contributed by atoms with Crippen LogP contribution in [-0.2, 0) is 7.05 Å². The second-order valence-electron chi connectivity index (χ2n) is 4.20. The van der Waals surface area contributed by atoms with Crippen LogP contribution >= 0.6 is 0 Å². The van der Waals surface area contributed by atoms with Gasteiger partial charge >= 0.3 is 0 Å². The molecule has 0 amide bonds. The molecule has 0 spiro atoms. The Morgan fingerprint density at radius 1 is 1.21 bits per heavy atom. The number of rotatable bonds is 2. The van der Waals surface area contributed by atoms with Crippen LogP contribution in [-0.4, -0.2) is 19.9 Å². The Morgan fingerprint density at radius 2 is 1.95 bits per heavy atom. The van der Waals surface area contributed by atoms with E-state index in [1.807, 2.05) is 14.0 Å². The highest BCUT2D eigenvalue weighted by molar-refractivity contribution is 5.60. The SMILES string of the molecule is Cc1c(-c2nc(-c3ccc(F)cc3)no2)cnn1C. The molecule has 96 valence electrons. The van der Waals surface area contributed by atoms with Crippen LogP contribution in [0.25, 0.3) is 22.8 Å². The van der Waals surface area contributed by atoms with Crippen LogP contribution in [0.5, 0.6) is 0 Å². The molecular formula is C13H11FN4O. The van der Waals surface area contributed by atoms with Gasteiger partial charge in [0.1, 0.15) is 5.82 Å². The summed E-state index contributed by atoms with van der Waals surface area (Å²) in [5.74, 6) is 0.541. The number of hydrogen-bond donors (Lipinski definition) is 0. The predicted molar refractivity (Wildman–Crippen MR) is 66.6 cm³/mol. The topological polar surface area (TPSA) is 56.7 Å². The van der Waals surface area contributed by atoms with E-state index >= 15 is 0 Å². The molecule has 0 saturated carbocycles. The van der Waals surface area contributed by atoms with E-state index in [9.17, 15) is 4.39 Å². The van der Waals surface area contributed by atoms with Crippen LogP contribution < -0.4 is 0 Å². The molecule has 6 heteroatoms. The lowest BCUT2D eigenvalue weighted by Gasteiger charge is -1.94. The third kappa shape index (κ3) is 2.01. The average molecular weight is 258 g/mol. The fraction of sp³-hybridized carbons (Fsp3) is 0.154. The lowest BCUT2D eigenvalue weighted by molar-refractivity contribution is 0.432. The first-order valence-corrected chi connectivity index (χ1v) is 5.74. The maximum Gasteiger partial charge on any atom is 0.261 e. The van der Waals surface area contributed by atoms with Gasteiger partial charge in [-0.15, -0.1) is 0 Å². The van der Waals surface area contributed by atoms with Gasteiger partial charge in [-0.25, -0.2) is 4.39 Å². The van der Waals surface area contributed by atoms with Crippen LogP contribution in [0.3, 0.4) is 0 Å². The number of benzene rings is 1. The molecule has 0 N–H and O–H groups in total. The molecule has 5 nitrogen and oxygen atoms in total. The van der Waals surface area contributed by atoms with Crippen LogP contribution in [0.2, 0.25) is 0 Å². The predicted octanol–water partition coefficient (Wildman–Crippen LogP) is 2.58. The van der Waals surface area contributed by atoms with E-state index in [-0.39, 0.29) is 5.82 Å². The number of aromatic nitrogens is 4. The van der Waals surface area contributed by atoms with E-state index in [0.29, 0.717) is 17.3 Å². The minimum atomic E-state index is -0.296. The zero-order valence-electron chi connectivity index (χ0n) is 10.5. The normalized spacial score (nSPS) is 10.9. The maximum absolute atomic E-state index is 12.9. The summed E-state index contributed by atoms with van der Waals surface area (Å²) in [4.78, 5) is 4.30. The summed E-state index contributed by atoms with van der Waals surface area (Å²) in [6.45, 7) is 1.92. The standard InChI is InChI=1S/C13H11FN4O/c1-8-11(7-15-18(8)2)13-16-12(17-19-13)9-3-5-10(14)6-4-9/h3-7H,1-2H3. The van der Waals surface area contributed by atoms with Gasteiger partial charge in [-0.1, -0.05) is 5.16 Å². The Kier molecular flexibility index (Phi) is 2.63. The number of aryl methyl sites for hydroxylation is 1. The van der Waals surface area contributed by atoms with Gasteiger partial charge in [0.25, 0.3) is 5.89 Å². The highest BCUT2D eigenvalue weighted by Gasteiger charge is 2.15. The molecule has 3 rings (SSSR count). The Labute approximate surface area is 108 Å². The summed E-state index contributed by atoms with van der Waals surface area (Å²) >= 11 is 0. The fourth-order valence-electron chi connectivity index (χ4n) is 1.76. The Morgan fingerprint density at radius 3 is 2.58 bits per heavy atom. The molecule has 0 aliphatic heterocycles. The first kappa shape index (κ1) is 11.6. The van der Waals surface area contributed by atoms with Gasteiger partial charge in [0.05, 0.1) is 11.8 Å². The van der Waals surface area contributed by atoms with E-state index in [0.717, 1.165) is 11.3 Å². The summed E-state index contributed by atoms with van der Waals surface area (Å²) in [5, 5.41) is 8.02. The van der Waals surface area contributed by atoms with Gasteiger partial charge in [-0.2, -0.15) is 10.1 Å². The quantitative estimate of drug-likeness (QED) is 0.709. The van der Waals surface area contributed by atoms with Crippen LogP contribution in [0, 0.1) is 12.7 Å². The molecule has 19 heavy (non-hydrogen) atoms. The summed E-state index contributed by atoms with van der Waals surface area (Å²) in [6.07, 6.45) is 1.68. The van der Waals surface area contributed by atoms with Crippen molar-refractivity contribution in [2.24, 2.45) is 7.05 Å². The Bertz CT molecular complexity index is 715. The second kappa shape index (κ2) is 4.31. The van der Waals surface area contributed by atoms with Crippen molar-refractivity contribution >= 4 is 0 Å². The van der Waals surface area contributed by atoms with Crippen molar-refractivity contribution in [1.29, 1.82) is 0 Å². The molecule has 0 aliphatic rings. The molecule has 0 unspecified atom stereocenters. The van der Waals surface area contributed by atoms with Crippen molar-refractivity contribution in [3.8, 4) is 22.8 Å². The zero-order valence-corrected chi connectivity index (χ0v) is 10.5. The van der Waals surface area contributed by atoms with Crippen molar-refractivity contribution in [2.45, 2.75) is 6.92 Å². The van der Waals surface area contributed by atoms with Crippen molar-refractivity contribution in [2.75, 3.05) is 0 Å². The smallest absolute Gasteiger partial charge is 0.261 e. The van der Waals surface area contributed by atoms with E-state index in [4.69, 9.17) is 4.52 Å². The average Bonchev–Trinajstić information content (AvgIpc) is 2.99. The van der Waals surface area contributed by atoms with Gasteiger partial charge in [-0.05, 0) is 31.2 Å². The van der Waals surface area contributed by atoms with Crippen molar-refractivity contribution in [3.05, 3.63) is 42.0 Å². The number of halogens is 1. The molecule has 0 radical (unpaired) electrons. The van der Waals surface area contributed by atoms with E-state index in [1.54, 1.807) is 23.0 Å². The van der Waals surface area contributed by atoms with Gasteiger partial charge in [0.2, 0.25) is 5.82 Å². The van der Waals surface area contributed by atoms with Gasteiger partial charge < -0.3 is 4.52 Å². The molecule has 2 aromatic heterocycles. The molecular weight excluding hydrogens is 247 g/mol. The van der Waals surface area contributed by atoms with Crippen LogP contribution in [0.1, 0.15) is 5.69 Å². The van der Waals surface area contributed by atoms with Crippen LogP contribution in [0.15, 0.2) is 35.0 Å². The zero-order chi connectivity index (χ0) is 13.4. The van der Waals surface area contributed by atoms with Crippen molar-refractivity contribution in [1.82, 2.24) is 19.9 Å². The summed E-state index contributed by atoms with van der Waals surface area (Å²) < 4.78 is 19.8.